The standard InChI is InChI=1S/C19H19NO2/c1-13(2)19(22-17-6-3-14(12-21)4-7-17)16-5-8-18-15(11-16)9-10-20-18/h3-13,19-20H,1-2H3. The van der Waals surface area contributed by atoms with Gasteiger partial charge in [-0.05, 0) is 59.3 Å². The van der Waals surface area contributed by atoms with Crippen LogP contribution in [0.25, 0.3) is 10.9 Å². The average molecular weight is 293 g/mol. The van der Waals surface area contributed by atoms with E-state index in [-0.39, 0.29) is 6.10 Å². The first-order valence-electron chi connectivity index (χ1n) is 7.46. The van der Waals surface area contributed by atoms with Gasteiger partial charge < -0.3 is 9.72 Å². The molecule has 0 amide bonds. The molecule has 1 aromatic heterocycles. The molecule has 1 heterocycles. The third kappa shape index (κ3) is 2.89. The normalized spacial score (nSPS) is 12.5. The number of aromatic amines is 1. The summed E-state index contributed by atoms with van der Waals surface area (Å²) in [5.41, 5.74) is 2.94. The van der Waals surface area contributed by atoms with E-state index in [9.17, 15) is 4.79 Å². The maximum Gasteiger partial charge on any atom is 0.150 e. The molecule has 0 radical (unpaired) electrons. The Bertz CT molecular complexity index is 771. The predicted molar refractivity (Wildman–Crippen MR) is 88.3 cm³/mol. The van der Waals surface area contributed by atoms with Gasteiger partial charge in [0, 0.05) is 17.3 Å². The van der Waals surface area contributed by atoms with Gasteiger partial charge >= 0.3 is 0 Å². The van der Waals surface area contributed by atoms with E-state index in [1.165, 1.54) is 5.39 Å². The van der Waals surface area contributed by atoms with Gasteiger partial charge in [-0.25, -0.2) is 0 Å². The van der Waals surface area contributed by atoms with Crippen LogP contribution >= 0.6 is 0 Å². The van der Waals surface area contributed by atoms with Crippen LogP contribution in [0.4, 0.5) is 0 Å². The molecule has 0 spiro atoms. The summed E-state index contributed by atoms with van der Waals surface area (Å²) < 4.78 is 6.16. The molecule has 0 aliphatic heterocycles. The van der Waals surface area contributed by atoms with Crippen molar-refractivity contribution in [3.05, 3.63) is 65.9 Å². The van der Waals surface area contributed by atoms with Gasteiger partial charge in [0.15, 0.2) is 0 Å². The summed E-state index contributed by atoms with van der Waals surface area (Å²) in [6.07, 6.45) is 2.75. The second-order valence-electron chi connectivity index (χ2n) is 5.79. The van der Waals surface area contributed by atoms with E-state index in [2.05, 4.69) is 43.1 Å². The number of carbonyl (C=O) groups is 1. The van der Waals surface area contributed by atoms with E-state index < -0.39 is 0 Å². The second kappa shape index (κ2) is 6.06. The van der Waals surface area contributed by atoms with Crippen LogP contribution in [0.15, 0.2) is 54.7 Å². The highest BCUT2D eigenvalue weighted by atomic mass is 16.5. The molecule has 3 aromatic rings. The summed E-state index contributed by atoms with van der Waals surface area (Å²) in [6.45, 7) is 4.29. The Hall–Kier alpha value is -2.55. The Morgan fingerprint density at radius 1 is 1.05 bits per heavy atom. The van der Waals surface area contributed by atoms with Crippen molar-refractivity contribution in [2.24, 2.45) is 5.92 Å². The molecular weight excluding hydrogens is 274 g/mol. The molecule has 0 saturated carbocycles. The quantitative estimate of drug-likeness (QED) is 0.689. The number of aromatic nitrogens is 1. The zero-order valence-electron chi connectivity index (χ0n) is 12.7. The molecule has 0 saturated heterocycles. The minimum Gasteiger partial charge on any atom is -0.485 e. The lowest BCUT2D eigenvalue weighted by molar-refractivity contribution is 0.112. The molecule has 3 rings (SSSR count). The van der Waals surface area contributed by atoms with Crippen molar-refractivity contribution >= 4 is 17.2 Å². The average Bonchev–Trinajstić information content (AvgIpc) is 3.00. The van der Waals surface area contributed by atoms with Crippen LogP contribution in [0, 0.1) is 5.92 Å². The maximum atomic E-state index is 10.7. The first-order chi connectivity index (χ1) is 10.7. The van der Waals surface area contributed by atoms with E-state index in [1.807, 2.05) is 18.3 Å². The Morgan fingerprint density at radius 3 is 2.50 bits per heavy atom. The topological polar surface area (TPSA) is 42.1 Å². The molecule has 2 aromatic carbocycles. The maximum absolute atomic E-state index is 10.7. The molecule has 3 heteroatoms. The molecule has 0 aliphatic rings. The Labute approximate surface area is 129 Å². The van der Waals surface area contributed by atoms with Gasteiger partial charge in [-0.3, -0.25) is 4.79 Å². The number of nitrogens with one attached hydrogen (secondary N) is 1. The fraction of sp³-hybridized carbons (Fsp3) is 0.211. The minimum absolute atomic E-state index is 0.0265. The number of benzene rings is 2. The van der Waals surface area contributed by atoms with E-state index in [0.29, 0.717) is 11.5 Å². The van der Waals surface area contributed by atoms with Crippen molar-refractivity contribution in [1.29, 1.82) is 0 Å². The number of rotatable bonds is 5. The van der Waals surface area contributed by atoms with Crippen molar-refractivity contribution < 1.29 is 9.53 Å². The third-order valence-electron chi connectivity index (χ3n) is 3.79. The summed E-state index contributed by atoms with van der Waals surface area (Å²) in [5.74, 6) is 1.11. The molecule has 112 valence electrons. The van der Waals surface area contributed by atoms with Crippen molar-refractivity contribution in [1.82, 2.24) is 4.98 Å². The lowest BCUT2D eigenvalue weighted by Gasteiger charge is -2.23. The molecular formula is C19H19NO2. The fourth-order valence-electron chi connectivity index (χ4n) is 2.61. The van der Waals surface area contributed by atoms with E-state index in [4.69, 9.17) is 4.74 Å². The molecule has 0 bridgehead atoms. The lowest BCUT2D eigenvalue weighted by Crippen LogP contribution is -2.14. The summed E-state index contributed by atoms with van der Waals surface area (Å²) in [5, 5.41) is 1.18. The van der Waals surface area contributed by atoms with Crippen LogP contribution in [0.5, 0.6) is 5.75 Å². The number of carbonyl (C=O) groups excluding carboxylic acids is 1. The van der Waals surface area contributed by atoms with E-state index in [1.54, 1.807) is 12.1 Å². The van der Waals surface area contributed by atoms with Crippen LogP contribution in [-0.4, -0.2) is 11.3 Å². The number of hydrogen-bond donors (Lipinski definition) is 1. The highest BCUT2D eigenvalue weighted by Crippen LogP contribution is 2.30. The lowest BCUT2D eigenvalue weighted by atomic mass is 9.97. The molecule has 0 aliphatic carbocycles. The molecule has 3 nitrogen and oxygen atoms in total. The van der Waals surface area contributed by atoms with Crippen molar-refractivity contribution in [2.45, 2.75) is 20.0 Å². The number of aldehydes is 1. The minimum atomic E-state index is -0.0265. The highest BCUT2D eigenvalue weighted by molar-refractivity contribution is 5.80. The van der Waals surface area contributed by atoms with Crippen molar-refractivity contribution in [3.8, 4) is 5.75 Å². The fourth-order valence-corrected chi connectivity index (χ4v) is 2.61. The molecule has 1 atom stereocenters. The van der Waals surface area contributed by atoms with Gasteiger partial charge in [0.1, 0.15) is 18.1 Å². The van der Waals surface area contributed by atoms with Crippen molar-refractivity contribution in [3.63, 3.8) is 0 Å². The van der Waals surface area contributed by atoms with Crippen molar-refractivity contribution in [2.75, 3.05) is 0 Å². The van der Waals surface area contributed by atoms with Crippen LogP contribution in [0.1, 0.15) is 35.9 Å². The first-order valence-corrected chi connectivity index (χ1v) is 7.46. The van der Waals surface area contributed by atoms with Gasteiger partial charge in [-0.15, -0.1) is 0 Å². The summed E-state index contributed by atoms with van der Waals surface area (Å²) in [6, 6.07) is 15.6. The summed E-state index contributed by atoms with van der Waals surface area (Å²) in [4.78, 5) is 13.9. The second-order valence-corrected chi connectivity index (χ2v) is 5.79. The summed E-state index contributed by atoms with van der Waals surface area (Å²) >= 11 is 0. The highest BCUT2D eigenvalue weighted by Gasteiger charge is 2.18. The molecule has 0 fully saturated rings. The number of fused-ring (bicyclic) bond motifs is 1. The zero-order chi connectivity index (χ0) is 15.5. The molecule has 1 N–H and O–H groups in total. The van der Waals surface area contributed by atoms with Crippen LogP contribution < -0.4 is 4.74 Å². The molecule has 22 heavy (non-hydrogen) atoms. The van der Waals surface area contributed by atoms with Crippen LogP contribution in [0.2, 0.25) is 0 Å². The van der Waals surface area contributed by atoms with Crippen LogP contribution in [0.3, 0.4) is 0 Å². The predicted octanol–water partition coefficient (Wildman–Crippen LogP) is 4.76. The van der Waals surface area contributed by atoms with Gasteiger partial charge in [0.25, 0.3) is 0 Å². The number of ether oxygens (including phenoxy) is 1. The number of hydrogen-bond acceptors (Lipinski definition) is 2. The van der Waals surface area contributed by atoms with E-state index in [0.717, 1.165) is 23.1 Å². The first kappa shape index (κ1) is 14.4. The van der Waals surface area contributed by atoms with Gasteiger partial charge in [0.05, 0.1) is 0 Å². The van der Waals surface area contributed by atoms with Gasteiger partial charge in [-0.1, -0.05) is 19.9 Å². The number of H-pyrrole nitrogens is 1. The molecule has 1 unspecified atom stereocenters. The Morgan fingerprint density at radius 2 is 1.82 bits per heavy atom. The third-order valence-corrected chi connectivity index (χ3v) is 3.79. The SMILES string of the molecule is CC(C)C(Oc1ccc(C=O)cc1)c1ccc2[nH]ccc2c1. The Balaban J connectivity index is 1.89. The Kier molecular flexibility index (Phi) is 3.96. The summed E-state index contributed by atoms with van der Waals surface area (Å²) in [7, 11) is 0. The van der Waals surface area contributed by atoms with Gasteiger partial charge in [-0.2, -0.15) is 0 Å². The van der Waals surface area contributed by atoms with Gasteiger partial charge in [0.2, 0.25) is 0 Å². The largest absolute Gasteiger partial charge is 0.485 e. The van der Waals surface area contributed by atoms with E-state index >= 15 is 0 Å². The monoisotopic (exact) mass is 293 g/mol. The van der Waals surface area contributed by atoms with Crippen LogP contribution in [-0.2, 0) is 0 Å². The smallest absolute Gasteiger partial charge is 0.150 e. The zero-order valence-corrected chi connectivity index (χ0v) is 12.7.